The van der Waals surface area contributed by atoms with E-state index in [0.717, 1.165) is 23.4 Å². The third-order valence-electron chi connectivity index (χ3n) is 8.08. The van der Waals surface area contributed by atoms with Gasteiger partial charge in [-0.2, -0.15) is 31.4 Å². The third-order valence-corrected chi connectivity index (χ3v) is 8.08. The molecule has 1 N–H and O–H groups in total. The summed E-state index contributed by atoms with van der Waals surface area (Å²) in [4.78, 5) is 47.7. The molecule has 0 bridgehead atoms. The van der Waals surface area contributed by atoms with Crippen LogP contribution in [0.4, 0.5) is 43.5 Å². The number of aromatic nitrogens is 3. The predicted octanol–water partition coefficient (Wildman–Crippen LogP) is 3.18. The van der Waals surface area contributed by atoms with E-state index in [4.69, 9.17) is 4.74 Å². The summed E-state index contributed by atoms with van der Waals surface area (Å²) in [7, 11) is 1.39. The van der Waals surface area contributed by atoms with E-state index in [1.54, 1.807) is 4.90 Å². The molecule has 5 rings (SSSR count). The van der Waals surface area contributed by atoms with Gasteiger partial charge in [-0.3, -0.25) is 14.4 Å². The number of aromatic amines is 1. The molecule has 2 aromatic rings. The molecule has 3 aliphatic rings. The van der Waals surface area contributed by atoms with Gasteiger partial charge in [0.15, 0.2) is 5.82 Å². The molecule has 2 atom stereocenters. The van der Waals surface area contributed by atoms with Crippen LogP contribution in [0.1, 0.15) is 36.8 Å². The largest absolute Gasteiger partial charge is 0.496 e. The summed E-state index contributed by atoms with van der Waals surface area (Å²) in [5.41, 5.74) is -4.02. The van der Waals surface area contributed by atoms with E-state index >= 15 is 0 Å². The Morgan fingerprint density at radius 1 is 1.07 bits per heavy atom. The van der Waals surface area contributed by atoms with Crippen molar-refractivity contribution in [2.24, 2.45) is 0 Å². The molecule has 11 nitrogen and oxygen atoms in total. The Labute approximate surface area is 247 Å². The summed E-state index contributed by atoms with van der Waals surface area (Å²) >= 11 is 0. The summed E-state index contributed by atoms with van der Waals surface area (Å²) in [6.07, 6.45) is -7.05. The molecular formula is C27H29F6N7O4. The smallest absolute Gasteiger partial charge is 0.423 e. The highest BCUT2D eigenvalue weighted by Crippen LogP contribution is 2.40. The van der Waals surface area contributed by atoms with Crippen molar-refractivity contribution < 1.29 is 40.7 Å². The molecule has 2 amide bonds. The molecule has 44 heavy (non-hydrogen) atoms. The number of H-pyrrole nitrogens is 1. The number of carbonyl (C=O) groups is 2. The Balaban J connectivity index is 1.21. The zero-order valence-electron chi connectivity index (χ0n) is 23.5. The molecule has 5 heterocycles. The van der Waals surface area contributed by atoms with E-state index in [2.05, 4.69) is 16.7 Å². The Kier molecular flexibility index (Phi) is 8.24. The average Bonchev–Trinajstić information content (AvgIpc) is 3.42. The first-order valence-electron chi connectivity index (χ1n) is 13.8. The van der Waals surface area contributed by atoms with Crippen molar-refractivity contribution in [3.8, 4) is 0 Å². The maximum absolute atomic E-state index is 13.6. The van der Waals surface area contributed by atoms with E-state index in [-0.39, 0.29) is 74.5 Å². The number of hydrogen-bond acceptors (Lipinski definition) is 8. The number of piperazine rings is 1. The van der Waals surface area contributed by atoms with Crippen molar-refractivity contribution >= 4 is 29.0 Å². The van der Waals surface area contributed by atoms with Crippen LogP contribution in [0.25, 0.3) is 0 Å². The maximum Gasteiger partial charge on any atom is 0.423 e. The molecule has 2 fully saturated rings. The normalized spacial score (nSPS) is 20.8. The van der Waals surface area contributed by atoms with Gasteiger partial charge >= 0.3 is 12.4 Å². The molecular weight excluding hydrogens is 600 g/mol. The zero-order chi connectivity index (χ0) is 32.0. The number of nitrogens with one attached hydrogen (secondary N) is 1. The number of ether oxygens (including phenoxy) is 1. The topological polar surface area (TPSA) is 115 Å². The Morgan fingerprint density at radius 3 is 2.52 bits per heavy atom. The number of nitrogens with zero attached hydrogens (tertiary/aromatic N) is 6. The summed E-state index contributed by atoms with van der Waals surface area (Å²) in [6, 6.07) is -0.286. The van der Waals surface area contributed by atoms with E-state index in [1.807, 2.05) is 5.10 Å². The standard InChI is InChI=1S/C27H29F6N7O4/c1-15(18-4-3-6-40(18)20-13-35-36-25(43)23(20)27(31,32)33)44-9-5-21(41)38-7-8-39-17(14-38)11-22(42)37(2)19-10-16(26(28,29)30)12-34-24(19)39/h10,12-13,17-18H,1,3-9,11,14H2,2H3,(H,36,43)/t17?,18-/m0/s1. The number of halogens is 6. The number of pyridine rings is 1. The van der Waals surface area contributed by atoms with Crippen molar-refractivity contribution in [3.05, 3.63) is 52.3 Å². The summed E-state index contributed by atoms with van der Waals surface area (Å²) in [5, 5.41) is 5.34. The predicted molar refractivity (Wildman–Crippen MR) is 145 cm³/mol. The Hall–Kier alpha value is -4.31. The second kappa shape index (κ2) is 11.6. The van der Waals surface area contributed by atoms with E-state index in [9.17, 15) is 40.7 Å². The summed E-state index contributed by atoms with van der Waals surface area (Å²) in [5.74, 6) is -0.343. The molecule has 1 unspecified atom stereocenters. The van der Waals surface area contributed by atoms with E-state index < -0.39 is 47.0 Å². The van der Waals surface area contributed by atoms with Crippen molar-refractivity contribution in [2.45, 2.75) is 50.1 Å². The van der Waals surface area contributed by atoms with Gasteiger partial charge in [0.05, 0.1) is 48.2 Å². The minimum absolute atomic E-state index is 0.0400. The van der Waals surface area contributed by atoms with Crippen LogP contribution >= 0.6 is 0 Å². The monoisotopic (exact) mass is 629 g/mol. The van der Waals surface area contributed by atoms with Gasteiger partial charge in [-0.05, 0) is 18.9 Å². The number of fused-ring (bicyclic) bond motifs is 3. The molecule has 2 saturated heterocycles. The van der Waals surface area contributed by atoms with Crippen LogP contribution in [0.15, 0.2) is 35.6 Å². The second-order valence-electron chi connectivity index (χ2n) is 10.8. The van der Waals surface area contributed by atoms with Gasteiger partial charge in [-0.25, -0.2) is 10.1 Å². The fraction of sp³-hybridized carbons (Fsp3) is 0.519. The number of hydrogen-bond donors (Lipinski definition) is 1. The number of amides is 2. The Bertz CT molecular complexity index is 1510. The van der Waals surface area contributed by atoms with Gasteiger partial charge in [-0.15, -0.1) is 0 Å². The third kappa shape index (κ3) is 6.04. The highest BCUT2D eigenvalue weighted by molar-refractivity contribution is 5.98. The number of rotatable bonds is 6. The van der Waals surface area contributed by atoms with Gasteiger partial charge in [0.25, 0.3) is 5.56 Å². The molecule has 0 aromatic carbocycles. The summed E-state index contributed by atoms with van der Waals surface area (Å²) < 4.78 is 86.4. The first-order chi connectivity index (χ1) is 20.7. The highest BCUT2D eigenvalue weighted by Gasteiger charge is 2.42. The fourth-order valence-corrected chi connectivity index (χ4v) is 5.87. The van der Waals surface area contributed by atoms with Crippen LogP contribution in [0.5, 0.6) is 0 Å². The molecule has 238 valence electrons. The lowest BCUT2D eigenvalue weighted by Gasteiger charge is -2.41. The number of alkyl halides is 6. The maximum atomic E-state index is 13.6. The molecule has 3 aliphatic heterocycles. The molecule has 0 aliphatic carbocycles. The molecule has 0 spiro atoms. The number of anilines is 3. The quantitative estimate of drug-likeness (QED) is 0.383. The van der Waals surface area contributed by atoms with Gasteiger partial charge in [0, 0.05) is 45.8 Å². The summed E-state index contributed by atoms with van der Waals surface area (Å²) in [6.45, 7) is 4.55. The van der Waals surface area contributed by atoms with Gasteiger partial charge in [0.1, 0.15) is 11.3 Å². The van der Waals surface area contributed by atoms with Crippen LogP contribution in [0.2, 0.25) is 0 Å². The fourth-order valence-electron chi connectivity index (χ4n) is 5.87. The van der Waals surface area contributed by atoms with Crippen LogP contribution in [-0.2, 0) is 26.7 Å². The first-order valence-corrected chi connectivity index (χ1v) is 13.8. The van der Waals surface area contributed by atoms with Gasteiger partial charge < -0.3 is 24.3 Å². The van der Waals surface area contributed by atoms with Crippen molar-refractivity contribution in [1.29, 1.82) is 0 Å². The lowest BCUT2D eigenvalue weighted by Crippen LogP contribution is -2.55. The van der Waals surface area contributed by atoms with Gasteiger partial charge in [0.2, 0.25) is 11.8 Å². The van der Waals surface area contributed by atoms with Crippen molar-refractivity contribution in [3.63, 3.8) is 0 Å². The lowest BCUT2D eigenvalue weighted by atomic mass is 10.1. The molecule has 17 heteroatoms. The van der Waals surface area contributed by atoms with E-state index in [0.29, 0.717) is 12.8 Å². The molecule has 2 aromatic heterocycles. The lowest BCUT2D eigenvalue weighted by molar-refractivity contribution is -0.139. The second-order valence-corrected chi connectivity index (χ2v) is 10.8. The minimum atomic E-state index is -4.90. The average molecular weight is 630 g/mol. The Morgan fingerprint density at radius 2 is 1.82 bits per heavy atom. The SMILES string of the molecule is C=C(OCCC(=O)N1CCN2c3ncc(C(F)(F)F)cc3N(C)C(=O)CC2C1)[C@@H]1CCCN1c1cn[nH]c(=O)c1C(F)(F)F. The van der Waals surface area contributed by atoms with Crippen LogP contribution in [0.3, 0.4) is 0 Å². The molecule has 0 saturated carbocycles. The van der Waals surface area contributed by atoms with Crippen LogP contribution in [0, 0.1) is 0 Å². The number of carbonyl (C=O) groups excluding carboxylic acids is 2. The van der Waals surface area contributed by atoms with Gasteiger partial charge in [-0.1, -0.05) is 6.58 Å². The van der Waals surface area contributed by atoms with Crippen LogP contribution in [-0.4, -0.2) is 83.8 Å². The van der Waals surface area contributed by atoms with Crippen molar-refractivity contribution in [2.75, 3.05) is 54.5 Å². The molecule has 0 radical (unpaired) electrons. The van der Waals surface area contributed by atoms with Crippen molar-refractivity contribution in [1.82, 2.24) is 20.1 Å². The van der Waals surface area contributed by atoms with Crippen LogP contribution < -0.4 is 20.3 Å². The highest BCUT2D eigenvalue weighted by atomic mass is 19.4. The first kappa shape index (κ1) is 31.1. The zero-order valence-corrected chi connectivity index (χ0v) is 23.5. The van der Waals surface area contributed by atoms with E-state index in [1.165, 1.54) is 16.8 Å². The minimum Gasteiger partial charge on any atom is -0.496 e.